The Morgan fingerprint density at radius 1 is 0.833 bits per heavy atom. The van der Waals surface area contributed by atoms with E-state index in [9.17, 15) is 0 Å². The molecule has 0 N–H and O–H groups in total. The summed E-state index contributed by atoms with van der Waals surface area (Å²) in [6, 6.07) is 10.4. The van der Waals surface area contributed by atoms with Crippen molar-refractivity contribution in [1.29, 1.82) is 0 Å². The van der Waals surface area contributed by atoms with Crippen LogP contribution in [0.1, 0.15) is 0 Å². The molecule has 59 valence electrons. The first-order valence-corrected chi connectivity index (χ1v) is 4.71. The van der Waals surface area contributed by atoms with Crippen LogP contribution in [0.15, 0.2) is 35.2 Å². The molecular weight excluding hydrogens is 164 g/mol. The highest BCUT2D eigenvalue weighted by Gasteiger charge is 2.17. The van der Waals surface area contributed by atoms with Crippen molar-refractivity contribution >= 4 is 11.8 Å². The van der Waals surface area contributed by atoms with Gasteiger partial charge in [0.2, 0.25) is 0 Å². The normalized spacial score (nSPS) is 18.3. The second-order valence-corrected chi connectivity index (χ2v) is 3.68. The van der Waals surface area contributed by atoms with Crippen LogP contribution in [0.25, 0.3) is 0 Å². The van der Waals surface area contributed by atoms with Gasteiger partial charge in [-0.1, -0.05) is 18.2 Å². The van der Waals surface area contributed by atoms with Gasteiger partial charge in [0, 0.05) is 10.1 Å². The fourth-order valence-electron chi connectivity index (χ4n) is 1.05. The van der Waals surface area contributed by atoms with Crippen molar-refractivity contribution in [2.75, 3.05) is 0 Å². The average Bonchev–Trinajstić information content (AvgIpc) is 2.59. The third-order valence-electron chi connectivity index (χ3n) is 1.61. The molecule has 2 rings (SSSR count). The van der Waals surface area contributed by atoms with Gasteiger partial charge in [0.15, 0.2) is 0 Å². The van der Waals surface area contributed by atoms with Crippen molar-refractivity contribution < 1.29 is 0 Å². The Morgan fingerprint density at radius 3 is 2.17 bits per heavy atom. The molecule has 1 aromatic carbocycles. The van der Waals surface area contributed by atoms with E-state index >= 15 is 0 Å². The Bertz CT molecular complexity index is 224. The molecule has 5 radical (unpaired) electrons. The van der Waals surface area contributed by atoms with Crippen LogP contribution in [-0.4, -0.2) is 0 Å². The van der Waals surface area contributed by atoms with Crippen molar-refractivity contribution in [3.63, 3.8) is 0 Å². The van der Waals surface area contributed by atoms with Gasteiger partial charge in [-0.3, -0.25) is 0 Å². The molecule has 0 saturated heterocycles. The lowest BCUT2D eigenvalue weighted by molar-refractivity contribution is 1.44. The molecule has 0 bridgehead atoms. The first-order chi connectivity index (χ1) is 5.95. The summed E-state index contributed by atoms with van der Waals surface area (Å²) in [5.74, 6) is 0. The molecule has 1 heteroatoms. The number of rotatable bonds is 2. The van der Waals surface area contributed by atoms with Crippen LogP contribution in [0, 0.1) is 30.9 Å². The summed E-state index contributed by atoms with van der Waals surface area (Å²) in [6.45, 7) is 0. The summed E-state index contributed by atoms with van der Waals surface area (Å²) in [5, 5.41) is 1.31. The molecule has 0 heterocycles. The van der Waals surface area contributed by atoms with E-state index in [1.54, 1.807) is 11.8 Å². The zero-order valence-corrected chi connectivity index (χ0v) is 7.42. The van der Waals surface area contributed by atoms with Crippen LogP contribution in [0.3, 0.4) is 0 Å². The molecule has 1 saturated carbocycles. The largest absolute Gasteiger partial charge is 0.117 e. The quantitative estimate of drug-likeness (QED) is 0.662. The second kappa shape index (κ2) is 3.99. The molecule has 0 spiro atoms. The highest BCUT2D eigenvalue weighted by atomic mass is 32.2. The van der Waals surface area contributed by atoms with Crippen LogP contribution in [0.5, 0.6) is 0 Å². The van der Waals surface area contributed by atoms with Gasteiger partial charge in [-0.25, -0.2) is 0 Å². The van der Waals surface area contributed by atoms with Crippen LogP contribution < -0.4 is 0 Å². The number of hydrogen-bond donors (Lipinski definition) is 0. The zero-order chi connectivity index (χ0) is 8.23. The Kier molecular flexibility index (Phi) is 2.72. The average molecular weight is 173 g/mol. The third kappa shape index (κ3) is 2.04. The Hall–Kier alpha value is -0.430. The molecule has 0 amide bonds. The van der Waals surface area contributed by atoms with Crippen molar-refractivity contribution in [1.82, 2.24) is 0 Å². The summed E-state index contributed by atoms with van der Waals surface area (Å²) in [4.78, 5) is 1.30. The summed E-state index contributed by atoms with van der Waals surface area (Å²) in [7, 11) is 0. The van der Waals surface area contributed by atoms with E-state index in [1.807, 2.05) is 6.07 Å². The van der Waals surface area contributed by atoms with Crippen molar-refractivity contribution in [3.8, 4) is 0 Å². The number of thioether (sulfide) groups is 1. The minimum Gasteiger partial charge on any atom is -0.117 e. The van der Waals surface area contributed by atoms with Crippen LogP contribution in [-0.2, 0) is 0 Å². The molecule has 1 aliphatic carbocycles. The molecule has 1 fully saturated rings. The molecule has 1 aromatic rings. The van der Waals surface area contributed by atoms with E-state index in [0.717, 1.165) is 0 Å². The topological polar surface area (TPSA) is 0 Å². The molecule has 0 aliphatic heterocycles. The molecule has 0 nitrogen and oxygen atoms in total. The minimum absolute atomic E-state index is 1.30. The fourth-order valence-corrected chi connectivity index (χ4v) is 1.91. The first-order valence-electron chi connectivity index (χ1n) is 3.90. The molecule has 0 atom stereocenters. The van der Waals surface area contributed by atoms with E-state index < -0.39 is 0 Å². The fraction of sp³-hybridized carbons (Fsp3) is 0. The lowest BCUT2D eigenvalue weighted by atomic mass is 10.4. The van der Waals surface area contributed by atoms with Crippen molar-refractivity contribution in [2.45, 2.75) is 4.90 Å². The smallest absolute Gasteiger partial charge is 0.0431 e. The van der Waals surface area contributed by atoms with Crippen LogP contribution >= 0.6 is 11.8 Å². The predicted octanol–water partition coefficient (Wildman–Crippen LogP) is 3.14. The molecular formula is C11H9S. The van der Waals surface area contributed by atoms with Gasteiger partial charge < -0.3 is 0 Å². The van der Waals surface area contributed by atoms with E-state index in [0.29, 0.717) is 0 Å². The predicted molar refractivity (Wildman–Crippen MR) is 52.7 cm³/mol. The van der Waals surface area contributed by atoms with E-state index in [4.69, 9.17) is 0 Å². The van der Waals surface area contributed by atoms with Gasteiger partial charge in [0.25, 0.3) is 0 Å². The highest BCUT2D eigenvalue weighted by Crippen LogP contribution is 2.38. The highest BCUT2D eigenvalue weighted by molar-refractivity contribution is 8.02. The lowest BCUT2D eigenvalue weighted by Crippen LogP contribution is -1.83. The van der Waals surface area contributed by atoms with Gasteiger partial charge in [-0.05, 0) is 37.8 Å². The third-order valence-corrected chi connectivity index (χ3v) is 2.63. The number of hydrogen-bond acceptors (Lipinski definition) is 1. The maximum atomic E-state index is 2.12. The maximum absolute atomic E-state index is 2.12. The maximum Gasteiger partial charge on any atom is 0.0431 e. The Morgan fingerprint density at radius 2 is 1.50 bits per heavy atom. The van der Waals surface area contributed by atoms with Gasteiger partial charge in [-0.2, -0.15) is 0 Å². The first kappa shape index (κ1) is 8.18. The Balaban J connectivity index is 1.94. The van der Waals surface area contributed by atoms with Crippen molar-refractivity contribution in [2.24, 2.45) is 0 Å². The molecule has 0 unspecified atom stereocenters. The second-order valence-electron chi connectivity index (χ2n) is 2.54. The standard InChI is InChI=1S/C11H9S/c1-2-6-10(7-3-1)12-11-8-4-5-9-11/h1-9H. The Labute approximate surface area is 78.4 Å². The lowest BCUT2D eigenvalue weighted by Gasteiger charge is -2.05. The van der Waals surface area contributed by atoms with Gasteiger partial charge in [-0.15, -0.1) is 11.8 Å². The molecule has 1 aliphatic rings. The number of benzene rings is 1. The van der Waals surface area contributed by atoms with Crippen LogP contribution in [0.2, 0.25) is 0 Å². The molecule has 12 heavy (non-hydrogen) atoms. The molecule has 0 aromatic heterocycles. The monoisotopic (exact) mass is 173 g/mol. The summed E-state index contributed by atoms with van der Waals surface area (Å²) in [5.41, 5.74) is 0. The van der Waals surface area contributed by atoms with E-state index in [2.05, 4.69) is 49.9 Å². The zero-order valence-electron chi connectivity index (χ0n) is 6.60. The summed E-state index contributed by atoms with van der Waals surface area (Å²) >= 11 is 1.79. The summed E-state index contributed by atoms with van der Waals surface area (Å²) < 4.78 is 0. The summed E-state index contributed by atoms with van der Waals surface area (Å²) in [6.07, 6.45) is 8.37. The SMILES string of the molecule is [CH]1[CH][CH][C](Sc2ccccc2)[CH]1. The minimum atomic E-state index is 1.30. The van der Waals surface area contributed by atoms with E-state index in [1.165, 1.54) is 10.1 Å². The van der Waals surface area contributed by atoms with Gasteiger partial charge >= 0.3 is 0 Å². The van der Waals surface area contributed by atoms with Crippen molar-refractivity contribution in [3.05, 3.63) is 61.3 Å². The van der Waals surface area contributed by atoms with Gasteiger partial charge in [0.1, 0.15) is 0 Å². The van der Waals surface area contributed by atoms with Crippen LogP contribution in [0.4, 0.5) is 0 Å². The van der Waals surface area contributed by atoms with Gasteiger partial charge in [0.05, 0.1) is 0 Å². The van der Waals surface area contributed by atoms with E-state index in [-0.39, 0.29) is 0 Å².